The fourth-order valence-corrected chi connectivity index (χ4v) is 3.58. The Balaban J connectivity index is 2.33. The number of aromatic nitrogens is 3. The van der Waals surface area contributed by atoms with Crippen LogP contribution in [0.25, 0.3) is 11.0 Å². The third-order valence-corrected chi connectivity index (χ3v) is 4.78. The minimum Gasteiger partial charge on any atom is -0.354 e. The first-order valence-corrected chi connectivity index (χ1v) is 8.96. The predicted molar refractivity (Wildman–Crippen MR) is 101 cm³/mol. The number of hydrogen-bond donors (Lipinski definition) is 2. The highest BCUT2D eigenvalue weighted by atomic mass is 16.1. The highest BCUT2D eigenvalue weighted by molar-refractivity contribution is 6.01. The lowest BCUT2D eigenvalue weighted by Gasteiger charge is -2.19. The molecule has 7 nitrogen and oxygen atoms in total. The maximum absolute atomic E-state index is 13.2. The Hall–Kier alpha value is -2.44. The Morgan fingerprint density at radius 1 is 1.36 bits per heavy atom. The van der Waals surface area contributed by atoms with Crippen LogP contribution < -0.4 is 16.3 Å². The van der Waals surface area contributed by atoms with Gasteiger partial charge in [0.1, 0.15) is 5.65 Å². The van der Waals surface area contributed by atoms with E-state index in [1.807, 2.05) is 31.4 Å². The molecular formula is C18H26N6O. The van der Waals surface area contributed by atoms with Crippen molar-refractivity contribution >= 4 is 22.7 Å². The topological polar surface area (TPSA) is 84.2 Å². The van der Waals surface area contributed by atoms with Gasteiger partial charge in [-0.25, -0.2) is 4.98 Å². The Kier molecular flexibility index (Phi) is 5.01. The third kappa shape index (κ3) is 3.23. The second-order valence-electron chi connectivity index (χ2n) is 6.49. The highest BCUT2D eigenvalue weighted by Crippen LogP contribution is 2.31. The van der Waals surface area contributed by atoms with E-state index in [9.17, 15) is 4.79 Å². The number of fused-ring (bicyclic) bond motifs is 1. The molecule has 2 aromatic heterocycles. The molecule has 0 unspecified atom stereocenters. The molecule has 7 heteroatoms. The molecule has 0 atom stereocenters. The average molecular weight is 342 g/mol. The van der Waals surface area contributed by atoms with Crippen LogP contribution in [0.4, 0.5) is 5.95 Å². The van der Waals surface area contributed by atoms with Gasteiger partial charge in [0, 0.05) is 25.0 Å². The smallest absolute Gasteiger partial charge is 0.261 e. The summed E-state index contributed by atoms with van der Waals surface area (Å²) in [5.41, 5.74) is 5.63. The van der Waals surface area contributed by atoms with Crippen molar-refractivity contribution in [3.05, 3.63) is 27.7 Å². The average Bonchev–Trinajstić information content (AvgIpc) is 3.09. The molecule has 2 heterocycles. The van der Waals surface area contributed by atoms with E-state index in [1.165, 1.54) is 0 Å². The lowest BCUT2D eigenvalue weighted by Crippen LogP contribution is -2.30. The lowest BCUT2D eigenvalue weighted by atomic mass is 10.1. The summed E-state index contributed by atoms with van der Waals surface area (Å²) in [4.78, 5) is 22.4. The minimum absolute atomic E-state index is 0.0172. The number of nitrogens with zero attached hydrogens (tertiary/aromatic N) is 4. The van der Waals surface area contributed by atoms with Crippen molar-refractivity contribution < 1.29 is 0 Å². The molecular weight excluding hydrogens is 316 g/mol. The van der Waals surface area contributed by atoms with Gasteiger partial charge in [-0.15, -0.1) is 0 Å². The number of anilines is 1. The van der Waals surface area contributed by atoms with Gasteiger partial charge in [0.05, 0.1) is 17.0 Å². The van der Waals surface area contributed by atoms with Crippen LogP contribution in [0.2, 0.25) is 0 Å². The quantitative estimate of drug-likeness (QED) is 0.644. The zero-order chi connectivity index (χ0) is 18.0. The van der Waals surface area contributed by atoms with Crippen molar-refractivity contribution in [3.63, 3.8) is 0 Å². The van der Waals surface area contributed by atoms with Crippen LogP contribution in [0.3, 0.4) is 0 Å². The normalized spacial score (nSPS) is 15.8. The molecule has 0 aromatic carbocycles. The molecule has 1 aliphatic rings. The zero-order valence-corrected chi connectivity index (χ0v) is 15.4. The summed E-state index contributed by atoms with van der Waals surface area (Å²) in [6, 6.07) is 2.07. The van der Waals surface area contributed by atoms with Crippen molar-refractivity contribution in [3.8, 4) is 0 Å². The van der Waals surface area contributed by atoms with Crippen LogP contribution in [0.15, 0.2) is 16.0 Å². The molecule has 1 fully saturated rings. The summed E-state index contributed by atoms with van der Waals surface area (Å²) in [6.07, 6.45) is 4.33. The van der Waals surface area contributed by atoms with Crippen LogP contribution in [0.5, 0.6) is 0 Å². The number of aryl methyl sites for hydroxylation is 1. The molecule has 0 aliphatic heterocycles. The summed E-state index contributed by atoms with van der Waals surface area (Å²) in [5.74, 6) is 0.576. The van der Waals surface area contributed by atoms with E-state index in [0.29, 0.717) is 17.2 Å². The van der Waals surface area contributed by atoms with E-state index in [2.05, 4.69) is 25.8 Å². The summed E-state index contributed by atoms with van der Waals surface area (Å²) in [5, 5.41) is 8.28. The SMILES string of the molecule is CCNc1nc(C)c2cc(/C(C)=N/NC)c(=O)n(C3CCCC3)c2n1. The Bertz CT molecular complexity index is 864. The highest BCUT2D eigenvalue weighted by Gasteiger charge is 2.24. The molecule has 1 saturated carbocycles. The molecule has 25 heavy (non-hydrogen) atoms. The summed E-state index contributed by atoms with van der Waals surface area (Å²) >= 11 is 0. The predicted octanol–water partition coefficient (Wildman–Crippen LogP) is 2.59. The summed E-state index contributed by atoms with van der Waals surface area (Å²) < 4.78 is 1.88. The van der Waals surface area contributed by atoms with Crippen molar-refractivity contribution in [2.45, 2.75) is 52.5 Å². The summed E-state index contributed by atoms with van der Waals surface area (Å²) in [7, 11) is 1.73. The van der Waals surface area contributed by atoms with E-state index in [-0.39, 0.29) is 11.6 Å². The molecule has 2 N–H and O–H groups in total. The number of pyridine rings is 1. The number of rotatable bonds is 5. The molecule has 0 bridgehead atoms. The maximum Gasteiger partial charge on any atom is 0.261 e. The fraction of sp³-hybridized carbons (Fsp3) is 0.556. The first-order chi connectivity index (χ1) is 12.1. The second kappa shape index (κ2) is 7.21. The van der Waals surface area contributed by atoms with Crippen LogP contribution in [-0.4, -0.2) is 33.8 Å². The van der Waals surface area contributed by atoms with Crippen molar-refractivity contribution in [1.82, 2.24) is 20.0 Å². The van der Waals surface area contributed by atoms with Gasteiger partial charge >= 0.3 is 0 Å². The molecule has 2 aromatic rings. The third-order valence-electron chi connectivity index (χ3n) is 4.78. The molecule has 0 spiro atoms. The van der Waals surface area contributed by atoms with E-state index in [0.717, 1.165) is 49.0 Å². The molecule has 0 radical (unpaired) electrons. The number of nitrogens with one attached hydrogen (secondary N) is 2. The lowest BCUT2D eigenvalue weighted by molar-refractivity contribution is 0.515. The van der Waals surface area contributed by atoms with Gasteiger partial charge in [-0.3, -0.25) is 9.36 Å². The van der Waals surface area contributed by atoms with Gasteiger partial charge in [-0.1, -0.05) is 12.8 Å². The molecule has 3 rings (SSSR count). The second-order valence-corrected chi connectivity index (χ2v) is 6.49. The van der Waals surface area contributed by atoms with E-state index >= 15 is 0 Å². The van der Waals surface area contributed by atoms with Crippen molar-refractivity contribution in [1.29, 1.82) is 0 Å². The molecule has 134 valence electrons. The minimum atomic E-state index is -0.0172. The Morgan fingerprint density at radius 2 is 2.08 bits per heavy atom. The Labute approximate surface area is 147 Å². The zero-order valence-electron chi connectivity index (χ0n) is 15.4. The van der Waals surface area contributed by atoms with Crippen LogP contribution in [-0.2, 0) is 0 Å². The van der Waals surface area contributed by atoms with E-state index < -0.39 is 0 Å². The molecule has 1 aliphatic carbocycles. The van der Waals surface area contributed by atoms with Gasteiger partial charge < -0.3 is 10.7 Å². The molecule has 0 amide bonds. The maximum atomic E-state index is 13.2. The number of hydrogen-bond acceptors (Lipinski definition) is 6. The van der Waals surface area contributed by atoms with Crippen LogP contribution >= 0.6 is 0 Å². The largest absolute Gasteiger partial charge is 0.354 e. The van der Waals surface area contributed by atoms with Gasteiger partial charge in [-0.05, 0) is 39.7 Å². The Morgan fingerprint density at radius 3 is 2.72 bits per heavy atom. The summed E-state index contributed by atoms with van der Waals surface area (Å²) in [6.45, 7) is 6.56. The molecule has 0 saturated heterocycles. The van der Waals surface area contributed by atoms with Gasteiger partial charge in [0.15, 0.2) is 0 Å². The standard InChI is InChI=1S/C18H26N6O/c1-5-20-18-21-11(2)14-10-15(12(3)23-19-4)17(25)24(16(14)22-18)13-8-6-7-9-13/h10,13,19H,5-9H2,1-4H3,(H,20,21,22)/b23-12+. The van der Waals surface area contributed by atoms with Crippen molar-refractivity contribution in [2.75, 3.05) is 18.9 Å². The fourth-order valence-electron chi connectivity index (χ4n) is 3.58. The monoisotopic (exact) mass is 342 g/mol. The van der Waals surface area contributed by atoms with Gasteiger partial charge in [0.25, 0.3) is 5.56 Å². The van der Waals surface area contributed by atoms with Crippen LogP contribution in [0, 0.1) is 6.92 Å². The van der Waals surface area contributed by atoms with Crippen molar-refractivity contribution in [2.24, 2.45) is 5.10 Å². The van der Waals surface area contributed by atoms with Crippen LogP contribution in [0.1, 0.15) is 56.8 Å². The van der Waals surface area contributed by atoms with Gasteiger partial charge in [0.2, 0.25) is 5.95 Å². The first kappa shape index (κ1) is 17.4. The van der Waals surface area contributed by atoms with E-state index in [1.54, 1.807) is 7.05 Å². The van der Waals surface area contributed by atoms with Gasteiger partial charge in [-0.2, -0.15) is 10.1 Å². The number of hydrazone groups is 1. The first-order valence-electron chi connectivity index (χ1n) is 8.96. The van der Waals surface area contributed by atoms with E-state index in [4.69, 9.17) is 0 Å².